The molecule has 168 valence electrons. The second kappa shape index (κ2) is 8.77. The molecule has 1 aliphatic carbocycles. The molecule has 0 bridgehead atoms. The molecule has 0 atom stereocenters. The number of sulfonamides is 1. The van der Waals surface area contributed by atoms with Crippen molar-refractivity contribution in [1.82, 2.24) is 29.5 Å². The molecule has 3 heterocycles. The highest BCUT2D eigenvalue weighted by atomic mass is 32.2. The molecule has 0 amide bonds. The highest BCUT2D eigenvalue weighted by Gasteiger charge is 2.26. The Bertz CT molecular complexity index is 1430. The van der Waals surface area contributed by atoms with Gasteiger partial charge in [-0.25, -0.2) is 23.1 Å². The molecule has 0 aliphatic heterocycles. The zero-order chi connectivity index (χ0) is 22.8. The number of fused-ring (bicyclic) bond motifs is 1. The summed E-state index contributed by atoms with van der Waals surface area (Å²) in [5.74, 6) is 0.252. The van der Waals surface area contributed by atoms with Gasteiger partial charge in [-0.2, -0.15) is 10.4 Å². The summed E-state index contributed by atoms with van der Waals surface area (Å²) in [5.41, 5.74) is 2.76. The number of hydrogen-bond acceptors (Lipinski definition) is 6. The fourth-order valence-corrected chi connectivity index (χ4v) is 5.75. The number of aromatic nitrogens is 5. The smallest absolute Gasteiger partial charge is 0.241 e. The minimum atomic E-state index is -3.71. The van der Waals surface area contributed by atoms with Crippen LogP contribution in [0.25, 0.3) is 22.3 Å². The third kappa shape index (κ3) is 4.25. The fraction of sp³-hybridized carbons (Fsp3) is 0.304. The van der Waals surface area contributed by atoms with Gasteiger partial charge in [-0.1, -0.05) is 12.1 Å². The summed E-state index contributed by atoms with van der Waals surface area (Å²) in [6, 6.07) is 10.4. The number of H-pyrrole nitrogens is 1. The summed E-state index contributed by atoms with van der Waals surface area (Å²) in [7, 11) is -3.71. The first-order valence-electron chi connectivity index (χ1n) is 10.9. The summed E-state index contributed by atoms with van der Waals surface area (Å²) < 4.78 is 30.0. The highest BCUT2D eigenvalue weighted by molar-refractivity contribution is 7.89. The van der Waals surface area contributed by atoms with Crippen LogP contribution in [0.4, 0.5) is 0 Å². The predicted octanol–water partition coefficient (Wildman–Crippen LogP) is 3.40. The Morgan fingerprint density at radius 1 is 1.15 bits per heavy atom. The molecule has 0 spiro atoms. The van der Waals surface area contributed by atoms with Crippen molar-refractivity contribution in [2.75, 3.05) is 6.54 Å². The maximum atomic E-state index is 12.7. The Morgan fingerprint density at radius 2 is 1.97 bits per heavy atom. The number of hydrogen-bond donors (Lipinski definition) is 2. The first-order valence-corrected chi connectivity index (χ1v) is 12.3. The molecule has 9 nitrogen and oxygen atoms in total. The molecule has 0 radical (unpaired) electrons. The van der Waals surface area contributed by atoms with Crippen molar-refractivity contribution in [3.63, 3.8) is 0 Å². The minimum absolute atomic E-state index is 0.0338. The van der Waals surface area contributed by atoms with Crippen LogP contribution in [0.2, 0.25) is 0 Å². The van der Waals surface area contributed by atoms with Crippen LogP contribution in [0.3, 0.4) is 0 Å². The summed E-state index contributed by atoms with van der Waals surface area (Å²) in [5, 5.41) is 14.7. The molecular weight excluding hydrogens is 438 g/mol. The zero-order valence-corrected chi connectivity index (χ0v) is 18.7. The van der Waals surface area contributed by atoms with Gasteiger partial charge < -0.3 is 4.98 Å². The van der Waals surface area contributed by atoms with E-state index in [9.17, 15) is 13.7 Å². The zero-order valence-electron chi connectivity index (χ0n) is 17.8. The lowest BCUT2D eigenvalue weighted by Gasteiger charge is -2.28. The van der Waals surface area contributed by atoms with Gasteiger partial charge in [-0.3, -0.25) is 4.68 Å². The minimum Gasteiger partial charge on any atom is -0.346 e. The van der Waals surface area contributed by atoms with E-state index < -0.39 is 10.0 Å². The van der Waals surface area contributed by atoms with E-state index in [2.05, 4.69) is 24.8 Å². The summed E-state index contributed by atoms with van der Waals surface area (Å²) >= 11 is 0. The van der Waals surface area contributed by atoms with Crippen molar-refractivity contribution in [1.29, 1.82) is 5.26 Å². The van der Waals surface area contributed by atoms with Crippen LogP contribution < -0.4 is 4.72 Å². The predicted molar refractivity (Wildman–Crippen MR) is 122 cm³/mol. The van der Waals surface area contributed by atoms with Gasteiger partial charge in [0.1, 0.15) is 18.0 Å². The maximum Gasteiger partial charge on any atom is 0.241 e. The molecular formula is C23H23N7O2S. The average molecular weight is 462 g/mol. The Morgan fingerprint density at radius 3 is 2.79 bits per heavy atom. The molecule has 33 heavy (non-hydrogen) atoms. The van der Waals surface area contributed by atoms with Crippen LogP contribution in [0.1, 0.15) is 37.3 Å². The third-order valence-electron chi connectivity index (χ3n) is 6.28. The first kappa shape index (κ1) is 21.3. The molecule has 0 unspecified atom stereocenters. The number of nitriles is 1. The Balaban J connectivity index is 1.21. The topological polar surface area (TPSA) is 129 Å². The molecule has 1 aliphatic rings. The molecule has 1 saturated carbocycles. The summed E-state index contributed by atoms with van der Waals surface area (Å²) in [6.45, 7) is 0.367. The normalized spacial score (nSPS) is 18.9. The van der Waals surface area contributed by atoms with Crippen molar-refractivity contribution in [2.45, 2.75) is 36.6 Å². The van der Waals surface area contributed by atoms with Crippen LogP contribution in [0, 0.1) is 17.2 Å². The summed E-state index contributed by atoms with van der Waals surface area (Å²) in [4.78, 5) is 11.8. The van der Waals surface area contributed by atoms with Crippen molar-refractivity contribution in [3.05, 3.63) is 60.8 Å². The lowest BCUT2D eigenvalue weighted by Crippen LogP contribution is -2.32. The second-order valence-electron chi connectivity index (χ2n) is 8.31. The van der Waals surface area contributed by atoms with Crippen molar-refractivity contribution < 1.29 is 8.42 Å². The number of rotatable bonds is 6. The molecule has 10 heteroatoms. The van der Waals surface area contributed by atoms with E-state index in [1.54, 1.807) is 18.5 Å². The summed E-state index contributed by atoms with van der Waals surface area (Å²) in [6.07, 6.45) is 10.9. The number of aromatic amines is 1. The van der Waals surface area contributed by atoms with Crippen LogP contribution in [-0.2, 0) is 10.0 Å². The van der Waals surface area contributed by atoms with E-state index >= 15 is 0 Å². The van der Waals surface area contributed by atoms with Crippen LogP contribution in [0.5, 0.6) is 0 Å². The highest BCUT2D eigenvalue weighted by Crippen LogP contribution is 2.33. The van der Waals surface area contributed by atoms with Crippen molar-refractivity contribution in [2.24, 2.45) is 5.92 Å². The van der Waals surface area contributed by atoms with E-state index in [1.165, 1.54) is 12.1 Å². The molecule has 1 fully saturated rings. The molecule has 3 aromatic heterocycles. The van der Waals surface area contributed by atoms with Crippen LogP contribution >= 0.6 is 0 Å². The van der Waals surface area contributed by atoms with Gasteiger partial charge in [0, 0.05) is 29.9 Å². The quantitative estimate of drug-likeness (QED) is 0.453. The van der Waals surface area contributed by atoms with E-state index in [0.29, 0.717) is 6.54 Å². The van der Waals surface area contributed by atoms with Gasteiger partial charge in [0.2, 0.25) is 10.0 Å². The van der Waals surface area contributed by atoms with Gasteiger partial charge in [0.25, 0.3) is 0 Å². The standard InChI is InChI=1S/C23H23N7O2S/c24-11-17-3-1-2-4-21(17)33(31,32)29-12-16-5-7-19(8-6-16)30-14-18(13-28-30)22-20-9-10-25-23(20)27-15-26-22/h1-4,9-10,13-16,19,29H,5-8,12H2,(H,25,26,27). The van der Waals surface area contributed by atoms with E-state index in [-0.39, 0.29) is 22.4 Å². The Kier molecular flexibility index (Phi) is 5.66. The number of nitrogens with one attached hydrogen (secondary N) is 2. The molecule has 4 aromatic rings. The second-order valence-corrected chi connectivity index (χ2v) is 10.0. The fourth-order valence-electron chi connectivity index (χ4n) is 4.47. The van der Waals surface area contributed by atoms with E-state index in [0.717, 1.165) is 48.0 Å². The third-order valence-corrected chi connectivity index (χ3v) is 7.76. The molecule has 5 rings (SSSR count). The van der Waals surface area contributed by atoms with Gasteiger partial charge >= 0.3 is 0 Å². The number of nitrogens with zero attached hydrogens (tertiary/aromatic N) is 5. The van der Waals surface area contributed by atoms with E-state index in [4.69, 9.17) is 0 Å². The lowest BCUT2D eigenvalue weighted by molar-refractivity contribution is 0.261. The van der Waals surface area contributed by atoms with Gasteiger partial charge in [0.05, 0.1) is 28.4 Å². The Hall–Kier alpha value is -3.55. The van der Waals surface area contributed by atoms with Crippen molar-refractivity contribution in [3.8, 4) is 17.3 Å². The molecule has 2 N–H and O–H groups in total. The average Bonchev–Trinajstić information content (AvgIpc) is 3.53. The van der Waals surface area contributed by atoms with E-state index in [1.807, 2.05) is 35.4 Å². The van der Waals surface area contributed by atoms with Gasteiger partial charge in [-0.05, 0) is 49.8 Å². The number of benzene rings is 1. The van der Waals surface area contributed by atoms with Crippen LogP contribution in [-0.4, -0.2) is 39.7 Å². The maximum absolute atomic E-state index is 12.7. The van der Waals surface area contributed by atoms with Gasteiger partial charge in [-0.15, -0.1) is 0 Å². The lowest BCUT2D eigenvalue weighted by atomic mass is 9.86. The molecule has 1 aromatic carbocycles. The van der Waals surface area contributed by atoms with Crippen molar-refractivity contribution >= 4 is 21.1 Å². The first-order chi connectivity index (χ1) is 16.0. The largest absolute Gasteiger partial charge is 0.346 e. The SMILES string of the molecule is N#Cc1ccccc1S(=O)(=O)NCC1CCC(n2cc(-c3ncnc4[nH]ccc34)cn2)CC1. The Labute approximate surface area is 191 Å². The monoisotopic (exact) mass is 461 g/mol. The van der Waals surface area contributed by atoms with Crippen LogP contribution in [0.15, 0.2) is 60.1 Å². The van der Waals surface area contributed by atoms with Gasteiger partial charge in [0.15, 0.2) is 0 Å². The molecule has 0 saturated heterocycles.